The average molecular weight is 309 g/mol. The largest absolute Gasteiger partial charge is 0.466 e. The molecule has 4 nitrogen and oxygen atoms in total. The summed E-state index contributed by atoms with van der Waals surface area (Å²) in [6.07, 6.45) is 0. The van der Waals surface area contributed by atoms with Gasteiger partial charge in [0.15, 0.2) is 0 Å². The van der Waals surface area contributed by atoms with E-state index in [-0.39, 0.29) is 6.54 Å². The van der Waals surface area contributed by atoms with Gasteiger partial charge in [0.2, 0.25) is 0 Å². The van der Waals surface area contributed by atoms with Crippen LogP contribution in [0.1, 0.15) is 34.4 Å². The third-order valence-corrected chi connectivity index (χ3v) is 3.40. The molecule has 2 N–H and O–H groups in total. The molecule has 0 aliphatic rings. The highest BCUT2D eigenvalue weighted by Crippen LogP contribution is 2.26. The summed E-state index contributed by atoms with van der Waals surface area (Å²) in [6.45, 7) is 4.71. The zero-order valence-electron chi connectivity index (χ0n) is 12.5. The van der Waals surface area contributed by atoms with Crippen LogP contribution in [-0.2, 0) is 5.60 Å². The molecule has 0 bridgehead atoms. The Balaban J connectivity index is 2.15. The zero-order valence-corrected chi connectivity index (χ0v) is 12.5. The second-order valence-electron chi connectivity index (χ2n) is 5.38. The number of benzene rings is 1. The molecule has 1 aromatic carbocycles. The first-order valence-corrected chi connectivity index (χ1v) is 6.74. The predicted octanol–water partition coefficient (Wildman–Crippen LogP) is 2.81. The van der Waals surface area contributed by atoms with Crippen molar-refractivity contribution in [3.05, 3.63) is 58.5 Å². The number of hydrogen-bond donors (Lipinski definition) is 2. The Hall–Kier alpha value is -2.21. The normalized spacial score (nSPS) is 13.7. The van der Waals surface area contributed by atoms with Gasteiger partial charge in [0.1, 0.15) is 34.3 Å². The van der Waals surface area contributed by atoms with Crippen LogP contribution < -0.4 is 5.32 Å². The Morgan fingerprint density at radius 1 is 1.32 bits per heavy atom. The van der Waals surface area contributed by atoms with E-state index in [1.54, 1.807) is 19.9 Å². The lowest BCUT2D eigenvalue weighted by Crippen LogP contribution is -2.39. The molecule has 0 saturated carbocycles. The fourth-order valence-corrected chi connectivity index (χ4v) is 2.32. The van der Waals surface area contributed by atoms with E-state index in [9.17, 15) is 18.7 Å². The molecule has 0 aliphatic heterocycles. The van der Waals surface area contributed by atoms with Crippen molar-refractivity contribution in [1.82, 2.24) is 5.32 Å². The molecule has 1 atom stereocenters. The fraction of sp³-hybridized carbons (Fsp3) is 0.312. The Morgan fingerprint density at radius 3 is 2.41 bits per heavy atom. The zero-order chi connectivity index (χ0) is 16.5. The van der Waals surface area contributed by atoms with Crippen LogP contribution in [0.4, 0.5) is 8.78 Å². The maximum Gasteiger partial charge on any atom is 0.257 e. The number of amides is 1. The highest BCUT2D eigenvalue weighted by Gasteiger charge is 2.29. The number of carbonyl (C=O) groups is 1. The van der Waals surface area contributed by atoms with E-state index < -0.39 is 28.7 Å². The number of nitrogens with one attached hydrogen (secondary N) is 1. The van der Waals surface area contributed by atoms with Crippen LogP contribution in [0.5, 0.6) is 0 Å². The van der Waals surface area contributed by atoms with Gasteiger partial charge < -0.3 is 14.8 Å². The van der Waals surface area contributed by atoms with Crippen LogP contribution in [-0.4, -0.2) is 17.6 Å². The maximum atomic E-state index is 13.5. The summed E-state index contributed by atoms with van der Waals surface area (Å²) in [5.74, 6) is -1.68. The second-order valence-corrected chi connectivity index (χ2v) is 5.38. The highest BCUT2D eigenvalue weighted by molar-refractivity contribution is 5.94. The van der Waals surface area contributed by atoms with Gasteiger partial charge in [0.25, 0.3) is 5.91 Å². The molecule has 2 rings (SSSR count). The minimum atomic E-state index is -1.42. The molecule has 22 heavy (non-hydrogen) atoms. The van der Waals surface area contributed by atoms with Gasteiger partial charge in [-0.15, -0.1) is 0 Å². The SMILES string of the molecule is Cc1cc(C(C)(O)CNC(=O)c2c(F)cccc2F)c(C)o1. The van der Waals surface area contributed by atoms with Crippen LogP contribution in [0.3, 0.4) is 0 Å². The van der Waals surface area contributed by atoms with Gasteiger partial charge >= 0.3 is 0 Å². The first-order chi connectivity index (χ1) is 10.2. The van der Waals surface area contributed by atoms with Crippen molar-refractivity contribution >= 4 is 5.91 Å². The summed E-state index contributed by atoms with van der Waals surface area (Å²) in [7, 11) is 0. The summed E-state index contributed by atoms with van der Waals surface area (Å²) in [4.78, 5) is 11.9. The quantitative estimate of drug-likeness (QED) is 0.913. The molecular weight excluding hydrogens is 292 g/mol. The van der Waals surface area contributed by atoms with Crippen LogP contribution in [0, 0.1) is 25.5 Å². The summed E-state index contributed by atoms with van der Waals surface area (Å²) in [6, 6.07) is 4.83. The van der Waals surface area contributed by atoms with E-state index in [0.29, 0.717) is 17.1 Å². The third kappa shape index (κ3) is 3.17. The number of rotatable bonds is 4. The summed E-state index contributed by atoms with van der Waals surface area (Å²) in [5, 5.41) is 12.8. The van der Waals surface area contributed by atoms with Gasteiger partial charge in [-0.2, -0.15) is 0 Å². The molecule has 1 aromatic heterocycles. The topological polar surface area (TPSA) is 62.5 Å². The molecule has 0 aliphatic carbocycles. The minimum absolute atomic E-state index is 0.209. The summed E-state index contributed by atoms with van der Waals surface area (Å²) < 4.78 is 32.4. The molecule has 0 saturated heterocycles. The van der Waals surface area contributed by atoms with E-state index in [1.165, 1.54) is 13.0 Å². The summed E-state index contributed by atoms with van der Waals surface area (Å²) in [5.41, 5.74) is -1.57. The van der Waals surface area contributed by atoms with Crippen LogP contribution in [0.2, 0.25) is 0 Å². The van der Waals surface area contributed by atoms with Crippen molar-refractivity contribution in [1.29, 1.82) is 0 Å². The maximum absolute atomic E-state index is 13.5. The number of aryl methyl sites for hydroxylation is 2. The molecule has 0 radical (unpaired) electrons. The highest BCUT2D eigenvalue weighted by atomic mass is 19.1. The van der Waals surface area contributed by atoms with Gasteiger partial charge in [-0.3, -0.25) is 4.79 Å². The molecule has 6 heteroatoms. The van der Waals surface area contributed by atoms with Gasteiger partial charge in [-0.25, -0.2) is 8.78 Å². The van der Waals surface area contributed by atoms with Gasteiger partial charge in [-0.1, -0.05) is 6.07 Å². The fourth-order valence-electron chi connectivity index (χ4n) is 2.32. The Labute approximate surface area is 126 Å². The average Bonchev–Trinajstić information content (AvgIpc) is 2.76. The van der Waals surface area contributed by atoms with Crippen molar-refractivity contribution in [2.75, 3.05) is 6.54 Å². The lowest BCUT2D eigenvalue weighted by molar-refractivity contribution is 0.0511. The number of furan rings is 1. The van der Waals surface area contributed by atoms with Crippen LogP contribution in [0.15, 0.2) is 28.7 Å². The van der Waals surface area contributed by atoms with E-state index in [1.807, 2.05) is 0 Å². The van der Waals surface area contributed by atoms with Gasteiger partial charge in [0.05, 0.1) is 6.54 Å². The molecule has 2 aromatic rings. The molecule has 1 unspecified atom stereocenters. The first kappa shape index (κ1) is 16.2. The van der Waals surface area contributed by atoms with Crippen molar-refractivity contribution < 1.29 is 23.1 Å². The summed E-state index contributed by atoms with van der Waals surface area (Å²) >= 11 is 0. The third-order valence-electron chi connectivity index (χ3n) is 3.40. The number of hydrogen-bond acceptors (Lipinski definition) is 3. The van der Waals surface area contributed by atoms with E-state index >= 15 is 0 Å². The Kier molecular flexibility index (Phi) is 4.32. The minimum Gasteiger partial charge on any atom is -0.466 e. The molecule has 1 amide bonds. The van der Waals surface area contributed by atoms with Crippen LogP contribution in [0.25, 0.3) is 0 Å². The first-order valence-electron chi connectivity index (χ1n) is 6.74. The van der Waals surface area contributed by atoms with Crippen LogP contribution >= 0.6 is 0 Å². The van der Waals surface area contributed by atoms with E-state index in [0.717, 1.165) is 12.1 Å². The van der Waals surface area contributed by atoms with E-state index in [4.69, 9.17) is 4.42 Å². The molecule has 0 spiro atoms. The number of carbonyl (C=O) groups excluding carboxylic acids is 1. The van der Waals surface area contributed by atoms with Gasteiger partial charge in [-0.05, 0) is 39.0 Å². The second kappa shape index (κ2) is 5.88. The lowest BCUT2D eigenvalue weighted by Gasteiger charge is -2.23. The smallest absolute Gasteiger partial charge is 0.257 e. The number of aliphatic hydroxyl groups is 1. The molecule has 1 heterocycles. The molecular formula is C16H17F2NO3. The monoisotopic (exact) mass is 309 g/mol. The predicted molar refractivity (Wildman–Crippen MR) is 76.4 cm³/mol. The Morgan fingerprint density at radius 2 is 1.91 bits per heavy atom. The number of halogens is 2. The van der Waals surface area contributed by atoms with Crippen molar-refractivity contribution in [3.8, 4) is 0 Å². The van der Waals surface area contributed by atoms with E-state index in [2.05, 4.69) is 5.32 Å². The molecule has 118 valence electrons. The van der Waals surface area contributed by atoms with Crippen molar-refractivity contribution in [3.63, 3.8) is 0 Å². The Bertz CT molecular complexity index is 687. The molecule has 0 fully saturated rings. The standard InChI is InChI=1S/C16H17F2NO3/c1-9-7-11(10(2)22-9)16(3,21)8-19-15(20)14-12(17)5-4-6-13(14)18/h4-7,21H,8H2,1-3H3,(H,19,20). The van der Waals surface area contributed by atoms with Crippen molar-refractivity contribution in [2.24, 2.45) is 0 Å². The van der Waals surface area contributed by atoms with Gasteiger partial charge in [0, 0.05) is 5.56 Å². The van der Waals surface area contributed by atoms with Crippen molar-refractivity contribution in [2.45, 2.75) is 26.4 Å². The lowest BCUT2D eigenvalue weighted by atomic mass is 9.96.